The third-order valence-electron chi connectivity index (χ3n) is 4.73. The maximum absolute atomic E-state index is 12.3. The number of aryl methyl sites for hydroxylation is 1. The zero-order valence-corrected chi connectivity index (χ0v) is 15.6. The highest BCUT2D eigenvalue weighted by molar-refractivity contribution is 6.31. The Labute approximate surface area is 157 Å². The number of aromatic nitrogens is 2. The molecular formula is C19H23ClN4O2. The van der Waals surface area contributed by atoms with Crippen molar-refractivity contribution in [1.82, 2.24) is 15.1 Å². The van der Waals surface area contributed by atoms with Crippen molar-refractivity contribution in [3.63, 3.8) is 0 Å². The van der Waals surface area contributed by atoms with Gasteiger partial charge in [0.05, 0.1) is 0 Å². The molecule has 1 saturated carbocycles. The number of carbonyl (C=O) groups is 2. The van der Waals surface area contributed by atoms with Crippen molar-refractivity contribution >= 4 is 29.2 Å². The number of benzene rings is 1. The van der Waals surface area contributed by atoms with Gasteiger partial charge in [0.1, 0.15) is 5.82 Å². The van der Waals surface area contributed by atoms with Gasteiger partial charge in [0.2, 0.25) is 5.91 Å². The Kier molecular flexibility index (Phi) is 5.93. The zero-order valence-electron chi connectivity index (χ0n) is 14.8. The standard InChI is InChI=1S/C19H23ClN4O2/c1-24-17(22-18(25)14-7-2-3-8-14)12-16(23-24)19(26)21-11-10-13-6-4-5-9-15(13)20/h4-6,9,12,14H,2-3,7-8,10-11H2,1H3,(H,21,26)(H,22,25). The van der Waals surface area contributed by atoms with Gasteiger partial charge in [0.15, 0.2) is 5.69 Å². The molecule has 1 heterocycles. The molecule has 0 bridgehead atoms. The van der Waals surface area contributed by atoms with Crippen LogP contribution in [0.5, 0.6) is 0 Å². The number of amides is 2. The molecule has 0 radical (unpaired) electrons. The Morgan fingerprint density at radius 1 is 1.27 bits per heavy atom. The molecule has 6 nitrogen and oxygen atoms in total. The largest absolute Gasteiger partial charge is 0.350 e. The highest BCUT2D eigenvalue weighted by Crippen LogP contribution is 2.26. The van der Waals surface area contributed by atoms with Crippen LogP contribution in [0, 0.1) is 5.92 Å². The van der Waals surface area contributed by atoms with E-state index in [2.05, 4.69) is 15.7 Å². The highest BCUT2D eigenvalue weighted by atomic mass is 35.5. The van der Waals surface area contributed by atoms with E-state index in [9.17, 15) is 9.59 Å². The molecular weight excluding hydrogens is 352 g/mol. The molecule has 0 saturated heterocycles. The Hall–Kier alpha value is -2.34. The fourth-order valence-electron chi connectivity index (χ4n) is 3.21. The molecule has 7 heteroatoms. The maximum Gasteiger partial charge on any atom is 0.271 e. The number of hydrogen-bond donors (Lipinski definition) is 2. The van der Waals surface area contributed by atoms with Crippen LogP contribution in [-0.2, 0) is 18.3 Å². The monoisotopic (exact) mass is 374 g/mol. The minimum Gasteiger partial charge on any atom is -0.350 e. The van der Waals surface area contributed by atoms with E-state index in [0.29, 0.717) is 23.8 Å². The van der Waals surface area contributed by atoms with Gasteiger partial charge in [-0.1, -0.05) is 42.6 Å². The lowest BCUT2D eigenvalue weighted by Gasteiger charge is -2.09. The summed E-state index contributed by atoms with van der Waals surface area (Å²) in [6.07, 6.45) is 4.70. The molecule has 1 aromatic carbocycles. The molecule has 1 aromatic heterocycles. The highest BCUT2D eigenvalue weighted by Gasteiger charge is 2.24. The molecule has 2 N–H and O–H groups in total. The Morgan fingerprint density at radius 3 is 2.73 bits per heavy atom. The molecule has 0 atom stereocenters. The van der Waals surface area contributed by atoms with Gasteiger partial charge in [-0.3, -0.25) is 14.3 Å². The van der Waals surface area contributed by atoms with Gasteiger partial charge in [-0.25, -0.2) is 0 Å². The summed E-state index contributed by atoms with van der Waals surface area (Å²) in [4.78, 5) is 24.5. The first-order valence-electron chi connectivity index (χ1n) is 8.91. The van der Waals surface area contributed by atoms with E-state index in [1.54, 1.807) is 13.1 Å². The van der Waals surface area contributed by atoms with Crippen molar-refractivity contribution in [3.8, 4) is 0 Å². The topological polar surface area (TPSA) is 76.0 Å². The first-order chi connectivity index (χ1) is 12.5. The summed E-state index contributed by atoms with van der Waals surface area (Å²) < 4.78 is 1.52. The minimum atomic E-state index is -0.269. The van der Waals surface area contributed by atoms with Gasteiger partial charge in [-0.05, 0) is 30.9 Å². The van der Waals surface area contributed by atoms with Crippen LogP contribution in [0.3, 0.4) is 0 Å². The summed E-state index contributed by atoms with van der Waals surface area (Å²) in [7, 11) is 1.71. The van der Waals surface area contributed by atoms with Gasteiger partial charge in [-0.15, -0.1) is 0 Å². The van der Waals surface area contributed by atoms with Gasteiger partial charge < -0.3 is 10.6 Å². The average molecular weight is 375 g/mol. The van der Waals surface area contributed by atoms with Crippen LogP contribution >= 0.6 is 11.6 Å². The van der Waals surface area contributed by atoms with E-state index in [1.807, 2.05) is 24.3 Å². The van der Waals surface area contributed by atoms with Gasteiger partial charge in [-0.2, -0.15) is 5.10 Å². The lowest BCUT2D eigenvalue weighted by molar-refractivity contribution is -0.119. The van der Waals surface area contributed by atoms with Gasteiger partial charge in [0, 0.05) is 30.6 Å². The molecule has 0 unspecified atom stereocenters. The molecule has 2 amide bonds. The third-order valence-corrected chi connectivity index (χ3v) is 5.10. The van der Waals surface area contributed by atoms with Crippen molar-refractivity contribution in [2.45, 2.75) is 32.1 Å². The molecule has 0 aliphatic heterocycles. The van der Waals surface area contributed by atoms with Crippen LogP contribution in [0.25, 0.3) is 0 Å². The fraction of sp³-hybridized carbons (Fsp3) is 0.421. The number of nitrogens with one attached hydrogen (secondary N) is 2. The number of rotatable bonds is 6. The van der Waals surface area contributed by atoms with E-state index in [-0.39, 0.29) is 23.4 Å². The van der Waals surface area contributed by atoms with Crippen molar-refractivity contribution in [2.24, 2.45) is 13.0 Å². The Balaban J connectivity index is 1.54. The minimum absolute atomic E-state index is 0.0103. The van der Waals surface area contributed by atoms with Crippen LogP contribution in [0.2, 0.25) is 5.02 Å². The third kappa shape index (κ3) is 4.43. The van der Waals surface area contributed by atoms with Crippen molar-refractivity contribution in [1.29, 1.82) is 0 Å². The van der Waals surface area contributed by atoms with Crippen LogP contribution in [0.15, 0.2) is 30.3 Å². The molecule has 1 aliphatic carbocycles. The van der Waals surface area contributed by atoms with E-state index in [1.165, 1.54) is 4.68 Å². The molecule has 0 spiro atoms. The van der Waals surface area contributed by atoms with Gasteiger partial charge in [0.25, 0.3) is 5.91 Å². The average Bonchev–Trinajstić information content (AvgIpc) is 3.27. The number of nitrogens with zero attached hydrogens (tertiary/aromatic N) is 2. The fourth-order valence-corrected chi connectivity index (χ4v) is 3.44. The number of halogens is 1. The van der Waals surface area contributed by atoms with Crippen LogP contribution in [-0.4, -0.2) is 28.1 Å². The SMILES string of the molecule is Cn1nc(C(=O)NCCc2ccccc2Cl)cc1NC(=O)C1CCCC1. The molecule has 2 aromatic rings. The summed E-state index contributed by atoms with van der Waals surface area (Å²) >= 11 is 6.11. The van der Waals surface area contributed by atoms with Gasteiger partial charge >= 0.3 is 0 Å². The summed E-state index contributed by atoms with van der Waals surface area (Å²) in [5.41, 5.74) is 1.27. The van der Waals surface area contributed by atoms with Crippen LogP contribution in [0.1, 0.15) is 41.7 Å². The molecule has 138 valence electrons. The summed E-state index contributed by atoms with van der Waals surface area (Å²) in [5, 5.41) is 10.6. The van der Waals surface area contributed by atoms with Crippen LogP contribution in [0.4, 0.5) is 5.82 Å². The zero-order chi connectivity index (χ0) is 18.5. The first kappa shape index (κ1) is 18.5. The predicted molar refractivity (Wildman–Crippen MR) is 101 cm³/mol. The van der Waals surface area contributed by atoms with Crippen LogP contribution < -0.4 is 10.6 Å². The molecule has 26 heavy (non-hydrogen) atoms. The van der Waals surface area contributed by atoms with Crippen molar-refractivity contribution in [2.75, 3.05) is 11.9 Å². The van der Waals surface area contributed by atoms with E-state index in [0.717, 1.165) is 31.2 Å². The lowest BCUT2D eigenvalue weighted by Crippen LogP contribution is -2.26. The van der Waals surface area contributed by atoms with E-state index < -0.39 is 0 Å². The molecule has 1 fully saturated rings. The Morgan fingerprint density at radius 2 is 2.00 bits per heavy atom. The quantitative estimate of drug-likeness (QED) is 0.815. The first-order valence-corrected chi connectivity index (χ1v) is 9.29. The lowest BCUT2D eigenvalue weighted by atomic mass is 10.1. The van der Waals surface area contributed by atoms with Crippen molar-refractivity contribution < 1.29 is 9.59 Å². The number of anilines is 1. The normalized spacial score (nSPS) is 14.4. The second-order valence-electron chi connectivity index (χ2n) is 6.61. The van der Waals surface area contributed by atoms with E-state index in [4.69, 9.17) is 11.6 Å². The van der Waals surface area contributed by atoms with E-state index >= 15 is 0 Å². The summed E-state index contributed by atoms with van der Waals surface area (Å²) in [6, 6.07) is 9.17. The molecule has 3 rings (SSSR count). The summed E-state index contributed by atoms with van der Waals surface area (Å²) in [5.74, 6) is 0.348. The molecule has 1 aliphatic rings. The predicted octanol–water partition coefficient (Wildman–Crippen LogP) is 3.17. The second kappa shape index (κ2) is 8.36. The maximum atomic E-state index is 12.3. The van der Waals surface area contributed by atoms with Crippen molar-refractivity contribution in [3.05, 3.63) is 46.6 Å². The number of carbonyl (C=O) groups excluding carboxylic acids is 2. The Bertz CT molecular complexity index is 797. The second-order valence-corrected chi connectivity index (χ2v) is 7.01. The smallest absolute Gasteiger partial charge is 0.271 e. The summed E-state index contributed by atoms with van der Waals surface area (Å²) in [6.45, 7) is 0.461. The number of hydrogen-bond acceptors (Lipinski definition) is 3.